The Labute approximate surface area is 156 Å². The molecule has 0 amide bonds. The Balaban J connectivity index is 1.57. The molecule has 2 fully saturated rings. The highest BCUT2D eigenvalue weighted by molar-refractivity contribution is 5.85. The maximum atomic E-state index is 12.4. The molecule has 3 atom stereocenters. The lowest BCUT2D eigenvalue weighted by Crippen LogP contribution is -2.39. The molecule has 4 heteroatoms. The summed E-state index contributed by atoms with van der Waals surface area (Å²) in [6.07, 6.45) is 6.61. The number of carbonyl (C=O) groups is 2. The molecule has 0 aromatic heterocycles. The SMILES string of the molecule is CCNC(CC(=O)CC1CCC1Cc1c(C)cccc1C1CC1)C(=O)O. The molecule has 142 valence electrons. The van der Waals surface area contributed by atoms with Crippen molar-refractivity contribution in [3.8, 4) is 0 Å². The van der Waals surface area contributed by atoms with Crippen LogP contribution in [0.25, 0.3) is 0 Å². The third kappa shape index (κ3) is 4.53. The summed E-state index contributed by atoms with van der Waals surface area (Å²) in [5.74, 6) is 0.895. The lowest BCUT2D eigenvalue weighted by atomic mass is 9.67. The van der Waals surface area contributed by atoms with Gasteiger partial charge in [0.1, 0.15) is 11.8 Å². The number of aryl methyl sites for hydroxylation is 1. The zero-order chi connectivity index (χ0) is 18.7. The molecule has 0 bridgehead atoms. The van der Waals surface area contributed by atoms with E-state index in [0.29, 0.717) is 24.8 Å². The fraction of sp³-hybridized carbons (Fsp3) is 0.636. The van der Waals surface area contributed by atoms with Crippen molar-refractivity contribution in [1.82, 2.24) is 5.32 Å². The molecule has 2 aliphatic rings. The van der Waals surface area contributed by atoms with Gasteiger partial charge in [0, 0.05) is 12.8 Å². The van der Waals surface area contributed by atoms with Crippen molar-refractivity contribution in [3.05, 3.63) is 34.9 Å². The van der Waals surface area contributed by atoms with Crippen LogP contribution < -0.4 is 5.32 Å². The van der Waals surface area contributed by atoms with Gasteiger partial charge >= 0.3 is 5.97 Å². The van der Waals surface area contributed by atoms with E-state index in [4.69, 9.17) is 0 Å². The van der Waals surface area contributed by atoms with Crippen molar-refractivity contribution >= 4 is 11.8 Å². The van der Waals surface area contributed by atoms with E-state index in [1.54, 1.807) is 0 Å². The molecule has 2 N–H and O–H groups in total. The lowest BCUT2D eigenvalue weighted by Gasteiger charge is -2.37. The van der Waals surface area contributed by atoms with E-state index in [-0.39, 0.29) is 12.2 Å². The Kier molecular flexibility index (Phi) is 6.13. The minimum Gasteiger partial charge on any atom is -0.480 e. The molecule has 0 spiro atoms. The highest BCUT2D eigenvalue weighted by Gasteiger charge is 2.35. The van der Waals surface area contributed by atoms with E-state index in [1.807, 2.05) is 6.92 Å². The van der Waals surface area contributed by atoms with Crippen LogP contribution in [0.5, 0.6) is 0 Å². The maximum Gasteiger partial charge on any atom is 0.321 e. The van der Waals surface area contributed by atoms with Gasteiger partial charge in [-0.3, -0.25) is 9.59 Å². The summed E-state index contributed by atoms with van der Waals surface area (Å²) in [5.41, 5.74) is 4.41. The van der Waals surface area contributed by atoms with Gasteiger partial charge in [0.25, 0.3) is 0 Å². The molecule has 2 saturated carbocycles. The topological polar surface area (TPSA) is 66.4 Å². The first-order chi connectivity index (χ1) is 12.5. The summed E-state index contributed by atoms with van der Waals surface area (Å²) < 4.78 is 0. The molecule has 4 nitrogen and oxygen atoms in total. The number of Topliss-reactive ketones (excluding diaryl/α,β-unsaturated/α-hetero) is 1. The summed E-state index contributed by atoms with van der Waals surface area (Å²) >= 11 is 0. The number of ketones is 1. The first-order valence-electron chi connectivity index (χ1n) is 10.1. The van der Waals surface area contributed by atoms with Crippen molar-refractivity contribution in [2.24, 2.45) is 11.8 Å². The van der Waals surface area contributed by atoms with Crippen LogP contribution in [0.1, 0.15) is 68.1 Å². The van der Waals surface area contributed by atoms with Gasteiger partial charge in [0.15, 0.2) is 0 Å². The molecule has 0 saturated heterocycles. The zero-order valence-corrected chi connectivity index (χ0v) is 16.0. The van der Waals surface area contributed by atoms with Gasteiger partial charge < -0.3 is 10.4 Å². The summed E-state index contributed by atoms with van der Waals surface area (Å²) in [5, 5.41) is 12.1. The van der Waals surface area contributed by atoms with Gasteiger partial charge in [-0.05, 0) is 80.0 Å². The molecular formula is C22H31NO3. The Bertz CT molecular complexity index is 665. The number of hydrogen-bond donors (Lipinski definition) is 2. The second-order valence-corrected chi connectivity index (χ2v) is 8.11. The second-order valence-electron chi connectivity index (χ2n) is 8.11. The number of aliphatic carboxylic acids is 1. The van der Waals surface area contributed by atoms with Crippen LogP contribution in [0.3, 0.4) is 0 Å². The third-order valence-corrected chi connectivity index (χ3v) is 6.18. The summed E-state index contributed by atoms with van der Waals surface area (Å²) in [4.78, 5) is 23.6. The number of hydrogen-bond acceptors (Lipinski definition) is 3. The predicted molar refractivity (Wildman–Crippen MR) is 102 cm³/mol. The van der Waals surface area contributed by atoms with Crippen molar-refractivity contribution in [1.29, 1.82) is 0 Å². The fourth-order valence-corrected chi connectivity index (χ4v) is 4.31. The fourth-order valence-electron chi connectivity index (χ4n) is 4.31. The van der Waals surface area contributed by atoms with Crippen LogP contribution in [0.4, 0.5) is 0 Å². The van der Waals surface area contributed by atoms with E-state index in [1.165, 1.54) is 36.0 Å². The van der Waals surface area contributed by atoms with Crippen LogP contribution in [-0.4, -0.2) is 29.4 Å². The van der Waals surface area contributed by atoms with Gasteiger partial charge in [-0.25, -0.2) is 0 Å². The molecule has 0 radical (unpaired) electrons. The standard InChI is InChI=1S/C22H31NO3/c1-3-23-21(22(25)26)13-18(24)11-16-9-10-17(16)12-20-14(2)5-4-6-19(20)15-7-8-15/h4-6,15-17,21,23H,3,7-13H2,1-2H3,(H,25,26). The Hall–Kier alpha value is -1.68. The summed E-state index contributed by atoms with van der Waals surface area (Å²) in [6, 6.07) is 5.91. The number of likely N-dealkylation sites (N-methyl/N-ethyl adjacent to an activating group) is 1. The van der Waals surface area contributed by atoms with Gasteiger partial charge in [-0.1, -0.05) is 25.1 Å². The molecule has 0 aliphatic heterocycles. The van der Waals surface area contributed by atoms with E-state index in [2.05, 4.69) is 30.4 Å². The van der Waals surface area contributed by atoms with Crippen molar-refractivity contribution in [2.45, 2.75) is 70.8 Å². The number of carboxylic acids is 1. The largest absolute Gasteiger partial charge is 0.480 e. The quantitative estimate of drug-likeness (QED) is 0.667. The van der Waals surface area contributed by atoms with Crippen LogP contribution in [0, 0.1) is 18.8 Å². The second kappa shape index (κ2) is 8.34. The van der Waals surface area contributed by atoms with Gasteiger partial charge in [-0.15, -0.1) is 0 Å². The first kappa shape index (κ1) is 19.1. The van der Waals surface area contributed by atoms with Crippen LogP contribution >= 0.6 is 0 Å². The highest BCUT2D eigenvalue weighted by Crippen LogP contribution is 2.45. The van der Waals surface area contributed by atoms with E-state index in [0.717, 1.165) is 18.8 Å². The first-order valence-corrected chi connectivity index (χ1v) is 10.1. The van der Waals surface area contributed by atoms with Gasteiger partial charge in [0.2, 0.25) is 0 Å². The Morgan fingerprint density at radius 3 is 2.50 bits per heavy atom. The molecule has 26 heavy (non-hydrogen) atoms. The third-order valence-electron chi connectivity index (χ3n) is 6.18. The highest BCUT2D eigenvalue weighted by atomic mass is 16.4. The van der Waals surface area contributed by atoms with E-state index >= 15 is 0 Å². The Morgan fingerprint density at radius 2 is 1.92 bits per heavy atom. The van der Waals surface area contributed by atoms with E-state index in [9.17, 15) is 14.7 Å². The average Bonchev–Trinajstić information content (AvgIpc) is 3.42. The molecule has 3 unspecified atom stereocenters. The van der Waals surface area contributed by atoms with Crippen molar-refractivity contribution in [3.63, 3.8) is 0 Å². The smallest absolute Gasteiger partial charge is 0.321 e. The number of carboxylic acid groups (broad SMARTS) is 1. The molecule has 1 aromatic rings. The maximum absolute atomic E-state index is 12.4. The van der Waals surface area contributed by atoms with Crippen LogP contribution in [0.2, 0.25) is 0 Å². The van der Waals surface area contributed by atoms with Gasteiger partial charge in [0.05, 0.1) is 0 Å². The number of carbonyl (C=O) groups excluding carboxylic acids is 1. The monoisotopic (exact) mass is 357 g/mol. The number of nitrogens with one attached hydrogen (secondary N) is 1. The number of benzene rings is 1. The van der Waals surface area contributed by atoms with Gasteiger partial charge in [-0.2, -0.15) is 0 Å². The minimum atomic E-state index is -0.931. The molecule has 2 aliphatic carbocycles. The van der Waals surface area contributed by atoms with Crippen molar-refractivity contribution in [2.75, 3.05) is 6.54 Å². The van der Waals surface area contributed by atoms with Crippen molar-refractivity contribution < 1.29 is 14.7 Å². The summed E-state index contributed by atoms with van der Waals surface area (Å²) in [6.45, 7) is 4.63. The Morgan fingerprint density at radius 1 is 1.19 bits per heavy atom. The molecular weight excluding hydrogens is 326 g/mol. The minimum absolute atomic E-state index is 0.0836. The predicted octanol–water partition coefficient (Wildman–Crippen LogP) is 3.85. The lowest BCUT2D eigenvalue weighted by molar-refractivity contribution is -0.141. The molecule has 1 aromatic carbocycles. The normalized spacial score (nSPS) is 23.3. The van der Waals surface area contributed by atoms with Crippen LogP contribution in [0.15, 0.2) is 18.2 Å². The molecule has 3 rings (SSSR count). The number of rotatable bonds is 10. The zero-order valence-electron chi connectivity index (χ0n) is 16.0. The summed E-state index contributed by atoms with van der Waals surface area (Å²) in [7, 11) is 0. The average molecular weight is 357 g/mol. The van der Waals surface area contributed by atoms with Crippen LogP contribution in [-0.2, 0) is 16.0 Å². The molecule has 0 heterocycles. The van der Waals surface area contributed by atoms with E-state index < -0.39 is 12.0 Å².